The second-order valence-electron chi connectivity index (χ2n) is 5.74. The second-order valence-corrected chi connectivity index (χ2v) is 10.2. The second kappa shape index (κ2) is 5.25. The van der Waals surface area contributed by atoms with E-state index in [1.165, 1.54) is 12.7 Å². The lowest BCUT2D eigenvalue weighted by Crippen LogP contribution is -2.30. The molecule has 0 bridgehead atoms. The summed E-state index contributed by atoms with van der Waals surface area (Å²) >= 11 is 0. The molecule has 5 heteroatoms. The van der Waals surface area contributed by atoms with Crippen LogP contribution in [0.25, 0.3) is 0 Å². The lowest BCUT2D eigenvalue weighted by molar-refractivity contribution is 0.0600. The first-order chi connectivity index (χ1) is 8.90. The summed E-state index contributed by atoms with van der Waals surface area (Å²) in [6, 6.07) is 3.67. The van der Waals surface area contributed by atoms with Crippen LogP contribution < -0.4 is 9.74 Å². The van der Waals surface area contributed by atoms with E-state index in [0.29, 0.717) is 5.56 Å². The molecule has 0 amide bonds. The molecule has 1 heterocycles. The highest BCUT2D eigenvalue weighted by atomic mass is 28.4. The molecule has 0 aliphatic carbocycles. The van der Waals surface area contributed by atoms with Gasteiger partial charge in [0.25, 0.3) is 0 Å². The van der Waals surface area contributed by atoms with Gasteiger partial charge in [0.1, 0.15) is 5.75 Å². The third-order valence-corrected chi connectivity index (χ3v) is 3.80. The Morgan fingerprint density at radius 3 is 2.68 bits per heavy atom. The number of carbonyl (C=O) groups is 1. The summed E-state index contributed by atoms with van der Waals surface area (Å²) in [7, 11) is -0.308. The van der Waals surface area contributed by atoms with Gasteiger partial charge in [-0.2, -0.15) is 0 Å². The first kappa shape index (κ1) is 13.9. The van der Waals surface area contributed by atoms with Gasteiger partial charge >= 0.3 is 5.97 Å². The normalized spacial score (nSPS) is 14.3. The summed E-state index contributed by atoms with van der Waals surface area (Å²) in [6.45, 7) is 7.35. The van der Waals surface area contributed by atoms with Crippen molar-refractivity contribution in [3.63, 3.8) is 0 Å². The molecule has 1 aromatic carbocycles. The molecule has 1 aromatic rings. The van der Waals surface area contributed by atoms with Crippen LogP contribution in [0, 0.1) is 0 Å². The van der Waals surface area contributed by atoms with E-state index >= 15 is 0 Å². The van der Waals surface area contributed by atoms with Crippen LogP contribution in [0.2, 0.25) is 19.6 Å². The largest absolute Gasteiger partial charge is 0.544 e. The summed E-state index contributed by atoms with van der Waals surface area (Å²) in [5.74, 6) is 0.514. The molecular weight excluding hydrogens is 258 g/mol. The van der Waals surface area contributed by atoms with Gasteiger partial charge in [0.2, 0.25) is 8.32 Å². The van der Waals surface area contributed by atoms with E-state index < -0.39 is 8.32 Å². The van der Waals surface area contributed by atoms with E-state index in [9.17, 15) is 4.79 Å². The number of rotatable bonds is 3. The van der Waals surface area contributed by atoms with Gasteiger partial charge in [-0.15, -0.1) is 0 Å². The summed E-state index contributed by atoms with van der Waals surface area (Å²) < 4.78 is 10.9. The molecule has 2 rings (SSSR count). The Bertz CT molecular complexity index is 494. The number of benzene rings is 1. The molecule has 0 atom stereocenters. The number of fused-ring (bicyclic) bond motifs is 1. The Morgan fingerprint density at radius 2 is 2.05 bits per heavy atom. The standard InChI is InChI=1S/C14H21NO3Si/c1-17-14(16)10-8-12-11(6-5-7-15-12)13(9-10)18-19(2,3)4/h8-9,15H,5-7H2,1-4H3. The molecule has 0 saturated heterocycles. The molecule has 0 fully saturated rings. The molecule has 1 aliphatic heterocycles. The van der Waals surface area contributed by atoms with Gasteiger partial charge in [0, 0.05) is 17.8 Å². The number of hydrogen-bond acceptors (Lipinski definition) is 4. The summed E-state index contributed by atoms with van der Waals surface area (Å²) in [6.07, 6.45) is 2.08. The van der Waals surface area contributed by atoms with Crippen molar-refractivity contribution in [1.29, 1.82) is 0 Å². The van der Waals surface area contributed by atoms with Crippen LogP contribution in [0.3, 0.4) is 0 Å². The summed E-state index contributed by atoms with van der Waals surface area (Å²) in [4.78, 5) is 11.7. The number of anilines is 1. The first-order valence-corrected chi connectivity index (χ1v) is 9.99. The minimum Gasteiger partial charge on any atom is -0.544 e. The van der Waals surface area contributed by atoms with E-state index in [2.05, 4.69) is 25.0 Å². The molecule has 1 aliphatic rings. The van der Waals surface area contributed by atoms with Crippen molar-refractivity contribution in [1.82, 2.24) is 0 Å². The van der Waals surface area contributed by atoms with E-state index in [4.69, 9.17) is 9.16 Å². The zero-order valence-corrected chi connectivity index (χ0v) is 13.0. The third kappa shape index (κ3) is 3.29. The van der Waals surface area contributed by atoms with Crippen molar-refractivity contribution in [3.05, 3.63) is 23.3 Å². The summed E-state index contributed by atoms with van der Waals surface area (Å²) in [5, 5.41) is 3.34. The Balaban J connectivity index is 2.46. The number of esters is 1. The van der Waals surface area contributed by atoms with Crippen molar-refractivity contribution < 1.29 is 14.0 Å². The van der Waals surface area contributed by atoms with Crippen molar-refractivity contribution in [2.45, 2.75) is 32.5 Å². The van der Waals surface area contributed by atoms with Gasteiger partial charge in [-0.05, 0) is 44.6 Å². The van der Waals surface area contributed by atoms with Gasteiger partial charge in [-0.3, -0.25) is 0 Å². The van der Waals surface area contributed by atoms with Crippen LogP contribution in [-0.4, -0.2) is 27.9 Å². The van der Waals surface area contributed by atoms with E-state index in [1.807, 2.05) is 12.1 Å². The molecule has 0 aromatic heterocycles. The number of nitrogens with one attached hydrogen (secondary N) is 1. The molecule has 104 valence electrons. The smallest absolute Gasteiger partial charge is 0.338 e. The van der Waals surface area contributed by atoms with E-state index in [-0.39, 0.29) is 5.97 Å². The van der Waals surface area contributed by atoms with Crippen LogP contribution >= 0.6 is 0 Å². The fourth-order valence-corrected chi connectivity index (χ4v) is 3.05. The Labute approximate surface area is 115 Å². The molecule has 0 saturated carbocycles. The van der Waals surface area contributed by atoms with Gasteiger partial charge in [-0.25, -0.2) is 4.79 Å². The number of methoxy groups -OCH3 is 1. The van der Waals surface area contributed by atoms with E-state index in [1.54, 1.807) is 0 Å². The Morgan fingerprint density at radius 1 is 1.32 bits per heavy atom. The van der Waals surface area contributed by atoms with Crippen LogP contribution in [0.15, 0.2) is 12.1 Å². The molecule has 0 radical (unpaired) electrons. The van der Waals surface area contributed by atoms with Crippen molar-refractivity contribution >= 4 is 20.0 Å². The maximum Gasteiger partial charge on any atom is 0.338 e. The molecular formula is C14H21NO3Si. The quantitative estimate of drug-likeness (QED) is 0.682. The topological polar surface area (TPSA) is 47.6 Å². The van der Waals surface area contributed by atoms with Crippen LogP contribution in [-0.2, 0) is 11.2 Å². The Kier molecular flexibility index (Phi) is 3.85. The van der Waals surface area contributed by atoms with Crippen molar-refractivity contribution in [3.8, 4) is 5.75 Å². The molecule has 4 nitrogen and oxygen atoms in total. The molecule has 0 spiro atoms. The average Bonchev–Trinajstić information content (AvgIpc) is 2.36. The molecule has 19 heavy (non-hydrogen) atoms. The molecule has 0 unspecified atom stereocenters. The van der Waals surface area contributed by atoms with Gasteiger partial charge in [-0.1, -0.05) is 0 Å². The van der Waals surface area contributed by atoms with Gasteiger partial charge < -0.3 is 14.5 Å². The van der Waals surface area contributed by atoms with E-state index in [0.717, 1.165) is 30.8 Å². The van der Waals surface area contributed by atoms with Gasteiger partial charge in [0.15, 0.2) is 0 Å². The number of ether oxygens (including phenoxy) is 1. The Hall–Kier alpha value is -1.49. The maximum absolute atomic E-state index is 11.7. The number of hydrogen-bond donors (Lipinski definition) is 1. The monoisotopic (exact) mass is 279 g/mol. The van der Waals surface area contributed by atoms with Gasteiger partial charge in [0.05, 0.1) is 12.7 Å². The lowest BCUT2D eigenvalue weighted by Gasteiger charge is -2.26. The highest BCUT2D eigenvalue weighted by molar-refractivity contribution is 6.70. The van der Waals surface area contributed by atoms with Crippen LogP contribution in [0.5, 0.6) is 5.75 Å². The lowest BCUT2D eigenvalue weighted by atomic mass is 10.00. The zero-order chi connectivity index (χ0) is 14.0. The minimum atomic E-state index is -1.71. The van der Waals surface area contributed by atoms with Crippen LogP contribution in [0.4, 0.5) is 5.69 Å². The number of carbonyl (C=O) groups excluding carboxylic acids is 1. The van der Waals surface area contributed by atoms with Crippen molar-refractivity contribution in [2.75, 3.05) is 19.0 Å². The van der Waals surface area contributed by atoms with Crippen molar-refractivity contribution in [2.24, 2.45) is 0 Å². The third-order valence-electron chi connectivity index (χ3n) is 2.97. The maximum atomic E-state index is 11.7. The fraction of sp³-hybridized carbons (Fsp3) is 0.500. The zero-order valence-electron chi connectivity index (χ0n) is 12.0. The molecule has 1 N–H and O–H groups in total. The van der Waals surface area contributed by atoms with Crippen LogP contribution in [0.1, 0.15) is 22.3 Å². The summed E-state index contributed by atoms with van der Waals surface area (Å²) in [5.41, 5.74) is 2.73. The fourth-order valence-electron chi connectivity index (χ4n) is 2.21. The predicted molar refractivity (Wildman–Crippen MR) is 78.6 cm³/mol. The highest BCUT2D eigenvalue weighted by Crippen LogP contribution is 2.34. The predicted octanol–water partition coefficient (Wildman–Crippen LogP) is 3.05. The first-order valence-electron chi connectivity index (χ1n) is 6.59. The SMILES string of the molecule is COC(=O)c1cc2c(c(O[Si](C)(C)C)c1)CCCN2. The highest BCUT2D eigenvalue weighted by Gasteiger charge is 2.23. The minimum absolute atomic E-state index is 0.324. The average molecular weight is 279 g/mol.